The summed E-state index contributed by atoms with van der Waals surface area (Å²) in [5, 5.41) is 8.69. The summed E-state index contributed by atoms with van der Waals surface area (Å²) in [4.78, 5) is 41.0. The molecule has 0 saturated carbocycles. The van der Waals surface area contributed by atoms with E-state index in [4.69, 9.17) is 4.74 Å². The lowest BCUT2D eigenvalue weighted by Gasteiger charge is -2.15. The number of pyridine rings is 1. The van der Waals surface area contributed by atoms with E-state index in [1.807, 2.05) is 0 Å². The van der Waals surface area contributed by atoms with Crippen molar-refractivity contribution in [3.63, 3.8) is 0 Å². The van der Waals surface area contributed by atoms with Crippen molar-refractivity contribution in [3.05, 3.63) is 106 Å². The van der Waals surface area contributed by atoms with Crippen molar-refractivity contribution in [3.8, 4) is 17.2 Å². The summed E-state index contributed by atoms with van der Waals surface area (Å²) < 4.78 is 61.2. The lowest BCUT2D eigenvalue weighted by molar-refractivity contribution is -0.137. The Balaban J connectivity index is 1.59. The van der Waals surface area contributed by atoms with Gasteiger partial charge in [0.1, 0.15) is 11.4 Å². The third kappa shape index (κ3) is 5.92. The van der Waals surface area contributed by atoms with E-state index in [2.05, 4.69) is 20.7 Å². The van der Waals surface area contributed by atoms with Gasteiger partial charge in [-0.2, -0.15) is 23.0 Å². The quantitative estimate of drug-likeness (QED) is 0.348. The normalized spacial score (nSPS) is 11.1. The Bertz CT molecular complexity index is 1640. The molecule has 0 fully saturated rings. The molecule has 2 amide bonds. The molecule has 0 bridgehead atoms. The molecular formula is C26H19F4N5O4. The predicted molar refractivity (Wildman–Crippen MR) is 132 cm³/mol. The first kappa shape index (κ1) is 27.0. The molecule has 0 aliphatic rings. The molecule has 4 aromatic rings. The largest absolute Gasteiger partial charge is 0.454 e. The maximum Gasteiger partial charge on any atom is 0.418 e. The van der Waals surface area contributed by atoms with Crippen LogP contribution >= 0.6 is 0 Å². The second-order valence-electron chi connectivity index (χ2n) is 8.10. The summed E-state index contributed by atoms with van der Waals surface area (Å²) in [6.45, 7) is 1.39. The monoisotopic (exact) mass is 541 g/mol. The lowest BCUT2D eigenvalue weighted by atomic mass is 10.1. The Hall–Kier alpha value is -5.07. The number of halogens is 4. The molecular weight excluding hydrogens is 522 g/mol. The number of benzene rings is 2. The molecule has 0 radical (unpaired) electrons. The van der Waals surface area contributed by atoms with Crippen molar-refractivity contribution >= 4 is 17.5 Å². The first-order valence-electron chi connectivity index (χ1n) is 11.2. The van der Waals surface area contributed by atoms with Crippen LogP contribution in [0.5, 0.6) is 11.5 Å². The standard InChI is InChI=1S/C26H19F4N5O4/c1-14-11-22(36)35(20-6-4-3-5-17(20)26(28,29)30)34-23(14)25(38)33-15-7-8-21(18(27)12-15)39-16-9-10-32-19(13-16)24(37)31-2/h3-13H,1-2H3,(H,31,37)(H,33,38). The zero-order valence-electron chi connectivity index (χ0n) is 20.3. The van der Waals surface area contributed by atoms with Crippen LogP contribution < -0.4 is 20.9 Å². The third-order valence-corrected chi connectivity index (χ3v) is 5.38. The number of nitrogens with zero attached hydrogens (tertiary/aromatic N) is 3. The van der Waals surface area contributed by atoms with Gasteiger partial charge in [-0.25, -0.2) is 4.39 Å². The van der Waals surface area contributed by atoms with Gasteiger partial charge in [-0.15, -0.1) is 0 Å². The van der Waals surface area contributed by atoms with Gasteiger partial charge in [0.2, 0.25) is 0 Å². The molecule has 13 heteroatoms. The number of carbonyl (C=O) groups is 2. The number of nitrogens with one attached hydrogen (secondary N) is 2. The number of alkyl halides is 3. The second-order valence-corrected chi connectivity index (χ2v) is 8.10. The number of hydrogen-bond acceptors (Lipinski definition) is 6. The van der Waals surface area contributed by atoms with E-state index >= 15 is 0 Å². The van der Waals surface area contributed by atoms with Gasteiger partial charge < -0.3 is 15.4 Å². The number of ether oxygens (including phenoxy) is 1. The molecule has 200 valence electrons. The van der Waals surface area contributed by atoms with Crippen LogP contribution in [0.25, 0.3) is 5.69 Å². The average molecular weight is 541 g/mol. The molecule has 2 heterocycles. The maximum atomic E-state index is 14.7. The van der Waals surface area contributed by atoms with Crippen LogP contribution in [0.15, 0.2) is 71.7 Å². The fraction of sp³-hybridized carbons (Fsp3) is 0.115. The highest BCUT2D eigenvalue weighted by molar-refractivity contribution is 6.03. The van der Waals surface area contributed by atoms with Crippen molar-refractivity contribution in [2.75, 3.05) is 12.4 Å². The van der Waals surface area contributed by atoms with Crippen molar-refractivity contribution < 1.29 is 31.9 Å². The SMILES string of the molecule is CNC(=O)c1cc(Oc2ccc(NC(=O)c3nn(-c4ccccc4C(F)(F)F)c(=O)cc3C)cc2F)ccn1. The van der Waals surface area contributed by atoms with Crippen LogP contribution in [-0.2, 0) is 6.18 Å². The first-order valence-corrected chi connectivity index (χ1v) is 11.2. The van der Waals surface area contributed by atoms with Crippen molar-refractivity contribution in [2.24, 2.45) is 0 Å². The molecule has 0 aliphatic heterocycles. The fourth-order valence-corrected chi connectivity index (χ4v) is 3.54. The van der Waals surface area contributed by atoms with Gasteiger partial charge in [-0.1, -0.05) is 12.1 Å². The summed E-state index contributed by atoms with van der Waals surface area (Å²) in [6, 6.07) is 11.5. The highest BCUT2D eigenvalue weighted by Crippen LogP contribution is 2.33. The minimum atomic E-state index is -4.77. The van der Waals surface area contributed by atoms with Gasteiger partial charge in [-0.05, 0) is 42.8 Å². The Kier molecular flexibility index (Phi) is 7.42. The van der Waals surface area contributed by atoms with Crippen molar-refractivity contribution in [2.45, 2.75) is 13.1 Å². The topological polar surface area (TPSA) is 115 Å². The summed E-state index contributed by atoms with van der Waals surface area (Å²) >= 11 is 0. The van der Waals surface area contributed by atoms with Crippen molar-refractivity contribution in [1.29, 1.82) is 0 Å². The summed E-state index contributed by atoms with van der Waals surface area (Å²) in [6.07, 6.45) is -3.46. The molecule has 9 nitrogen and oxygen atoms in total. The Morgan fingerprint density at radius 2 is 1.74 bits per heavy atom. The molecule has 2 aromatic heterocycles. The first-order chi connectivity index (χ1) is 18.5. The minimum Gasteiger partial charge on any atom is -0.454 e. The van der Waals surface area contributed by atoms with Crippen LogP contribution in [0, 0.1) is 12.7 Å². The minimum absolute atomic E-state index is 0.0136. The maximum absolute atomic E-state index is 14.7. The summed E-state index contributed by atoms with van der Waals surface area (Å²) in [5.74, 6) is -2.28. The molecule has 39 heavy (non-hydrogen) atoms. The molecule has 0 saturated heterocycles. The Morgan fingerprint density at radius 3 is 2.44 bits per heavy atom. The lowest BCUT2D eigenvalue weighted by Crippen LogP contribution is -2.28. The average Bonchev–Trinajstić information content (AvgIpc) is 2.89. The highest BCUT2D eigenvalue weighted by atomic mass is 19.4. The van der Waals surface area contributed by atoms with Gasteiger partial charge in [0.05, 0.1) is 11.3 Å². The van der Waals surface area contributed by atoms with E-state index in [1.54, 1.807) is 0 Å². The molecule has 0 spiro atoms. The van der Waals surface area contributed by atoms with Gasteiger partial charge in [0.15, 0.2) is 17.3 Å². The van der Waals surface area contributed by atoms with Gasteiger partial charge in [0.25, 0.3) is 17.4 Å². The van der Waals surface area contributed by atoms with Crippen LogP contribution in [-0.4, -0.2) is 33.6 Å². The predicted octanol–water partition coefficient (Wildman–Crippen LogP) is 4.50. The van der Waals surface area contributed by atoms with Crippen LogP contribution in [0.4, 0.5) is 23.2 Å². The van der Waals surface area contributed by atoms with Gasteiger partial charge in [0, 0.05) is 37.1 Å². The molecule has 0 atom stereocenters. The van der Waals surface area contributed by atoms with Crippen LogP contribution in [0.2, 0.25) is 0 Å². The number of anilines is 1. The zero-order chi connectivity index (χ0) is 28.3. The fourth-order valence-electron chi connectivity index (χ4n) is 3.54. The van der Waals surface area contributed by atoms with E-state index < -0.39 is 40.6 Å². The zero-order valence-corrected chi connectivity index (χ0v) is 20.3. The number of aromatic nitrogens is 3. The van der Waals surface area contributed by atoms with E-state index in [0.717, 1.165) is 30.3 Å². The summed E-state index contributed by atoms with van der Waals surface area (Å²) in [5.41, 5.74) is -2.73. The molecule has 4 rings (SSSR count). The van der Waals surface area contributed by atoms with Crippen LogP contribution in [0.3, 0.4) is 0 Å². The van der Waals surface area contributed by atoms with Crippen molar-refractivity contribution in [1.82, 2.24) is 20.1 Å². The number of rotatable bonds is 6. The number of carbonyl (C=O) groups excluding carboxylic acids is 2. The second kappa shape index (κ2) is 10.7. The smallest absolute Gasteiger partial charge is 0.418 e. The van der Waals surface area contributed by atoms with E-state index in [-0.39, 0.29) is 34.1 Å². The van der Waals surface area contributed by atoms with Gasteiger partial charge in [-0.3, -0.25) is 19.4 Å². The highest BCUT2D eigenvalue weighted by Gasteiger charge is 2.34. The molecule has 2 N–H and O–H groups in total. The van der Waals surface area contributed by atoms with Gasteiger partial charge >= 0.3 is 6.18 Å². The van der Waals surface area contributed by atoms with E-state index in [1.165, 1.54) is 50.5 Å². The van der Waals surface area contributed by atoms with Crippen LogP contribution in [0.1, 0.15) is 32.1 Å². The van der Waals surface area contributed by atoms with E-state index in [0.29, 0.717) is 4.68 Å². The number of aryl methyl sites for hydroxylation is 1. The summed E-state index contributed by atoms with van der Waals surface area (Å²) in [7, 11) is 1.43. The molecule has 0 unspecified atom stereocenters. The molecule has 0 aliphatic carbocycles. The number of para-hydroxylation sites is 1. The Labute approximate surface area is 218 Å². The third-order valence-electron chi connectivity index (χ3n) is 5.38. The Morgan fingerprint density at radius 1 is 1.00 bits per heavy atom. The van der Waals surface area contributed by atoms with E-state index in [9.17, 15) is 31.9 Å². The number of amides is 2. The number of hydrogen-bond donors (Lipinski definition) is 2. The molecule has 2 aromatic carbocycles.